The van der Waals surface area contributed by atoms with E-state index < -0.39 is 10.8 Å². The summed E-state index contributed by atoms with van der Waals surface area (Å²) in [7, 11) is 1.42. The fraction of sp³-hybridized carbons (Fsp3) is 0.556. The Hall–Kier alpha value is -1.84. The van der Waals surface area contributed by atoms with E-state index in [0.717, 1.165) is 24.8 Å². The number of ether oxygens (including phenoxy) is 1. The van der Waals surface area contributed by atoms with Crippen LogP contribution < -0.4 is 0 Å². The molecular weight excluding hydrogens is 278 g/mol. The quantitative estimate of drug-likeness (QED) is 0.806. The smallest absolute Gasteiger partial charge is 0.314 e. The van der Waals surface area contributed by atoms with Crippen LogP contribution in [0, 0.1) is 10.8 Å². The minimum absolute atomic E-state index is 0.0299. The summed E-state index contributed by atoms with van der Waals surface area (Å²) in [6.07, 6.45) is 2.41. The lowest BCUT2D eigenvalue weighted by Gasteiger charge is -2.31. The normalized spacial score (nSPS) is 32.0. The number of rotatable bonds is 3. The molecular formula is C18H23NO3. The number of fused-ring (bicyclic) bond motifs is 1. The molecule has 3 rings (SSSR count). The van der Waals surface area contributed by atoms with Crippen molar-refractivity contribution in [1.29, 1.82) is 0 Å². The Morgan fingerprint density at radius 2 is 1.95 bits per heavy atom. The Kier molecular flexibility index (Phi) is 3.50. The number of carbonyl (C=O) groups excluding carboxylic acids is 2. The number of likely N-dealkylation sites (tertiary alicyclic amines) is 1. The van der Waals surface area contributed by atoms with Gasteiger partial charge in [-0.2, -0.15) is 0 Å². The van der Waals surface area contributed by atoms with Gasteiger partial charge >= 0.3 is 5.97 Å². The van der Waals surface area contributed by atoms with Gasteiger partial charge in [0.15, 0.2) is 0 Å². The van der Waals surface area contributed by atoms with Crippen LogP contribution in [0.1, 0.15) is 44.7 Å². The second kappa shape index (κ2) is 5.11. The molecule has 1 aliphatic carbocycles. The number of hydrogen-bond donors (Lipinski definition) is 0. The number of carbonyl (C=O) groups is 2. The van der Waals surface area contributed by atoms with E-state index in [1.165, 1.54) is 7.11 Å². The Bertz CT molecular complexity index is 600. The Morgan fingerprint density at radius 1 is 1.27 bits per heavy atom. The van der Waals surface area contributed by atoms with E-state index >= 15 is 0 Å². The standard InChI is InChI=1S/C18H23NO3/c1-13(14-8-5-4-6-9-14)19-12-18(16(21)22-3)11-7-10-17(18,2)15(19)20/h4-6,8-9,13H,7,10-12H2,1-3H3/t13-,17+,18+/m1/s1. The molecule has 0 aromatic heterocycles. The maximum Gasteiger partial charge on any atom is 0.314 e. The van der Waals surface area contributed by atoms with Crippen LogP contribution in [0.5, 0.6) is 0 Å². The minimum Gasteiger partial charge on any atom is -0.469 e. The van der Waals surface area contributed by atoms with Gasteiger partial charge < -0.3 is 9.64 Å². The molecule has 22 heavy (non-hydrogen) atoms. The predicted octanol–water partition coefficient (Wildman–Crippen LogP) is 2.94. The monoisotopic (exact) mass is 301 g/mol. The number of amides is 1. The molecule has 1 amide bonds. The average Bonchev–Trinajstić information content (AvgIpc) is 2.99. The molecule has 1 aliphatic heterocycles. The zero-order chi connectivity index (χ0) is 16.0. The average molecular weight is 301 g/mol. The third kappa shape index (κ3) is 1.82. The molecule has 3 atom stereocenters. The predicted molar refractivity (Wildman–Crippen MR) is 83.0 cm³/mol. The highest BCUT2D eigenvalue weighted by molar-refractivity contribution is 5.95. The number of esters is 1. The largest absolute Gasteiger partial charge is 0.469 e. The van der Waals surface area contributed by atoms with Gasteiger partial charge in [-0.25, -0.2) is 0 Å². The van der Waals surface area contributed by atoms with Gasteiger partial charge in [-0.05, 0) is 32.3 Å². The van der Waals surface area contributed by atoms with E-state index in [9.17, 15) is 9.59 Å². The second-order valence-electron chi connectivity index (χ2n) is 6.78. The van der Waals surface area contributed by atoms with E-state index in [0.29, 0.717) is 6.54 Å². The lowest BCUT2D eigenvalue weighted by atomic mass is 9.69. The first-order chi connectivity index (χ1) is 10.5. The van der Waals surface area contributed by atoms with Crippen LogP contribution in [-0.4, -0.2) is 30.4 Å². The number of methoxy groups -OCH3 is 1. The van der Waals surface area contributed by atoms with E-state index in [1.54, 1.807) is 0 Å². The van der Waals surface area contributed by atoms with E-state index in [4.69, 9.17) is 4.74 Å². The van der Waals surface area contributed by atoms with E-state index in [2.05, 4.69) is 0 Å². The van der Waals surface area contributed by atoms with Gasteiger partial charge in [0.1, 0.15) is 0 Å². The zero-order valence-electron chi connectivity index (χ0n) is 13.5. The summed E-state index contributed by atoms with van der Waals surface area (Å²) in [5.74, 6) is -0.143. The Labute approximate surface area is 131 Å². The third-order valence-corrected chi connectivity index (χ3v) is 5.84. The summed E-state index contributed by atoms with van der Waals surface area (Å²) in [6, 6.07) is 9.94. The fourth-order valence-electron chi connectivity index (χ4n) is 4.32. The molecule has 2 fully saturated rings. The van der Waals surface area contributed by atoms with Crippen molar-refractivity contribution < 1.29 is 14.3 Å². The van der Waals surface area contributed by atoms with Gasteiger partial charge in [-0.1, -0.05) is 36.8 Å². The van der Waals surface area contributed by atoms with Crippen molar-refractivity contribution in [3.05, 3.63) is 35.9 Å². The molecule has 118 valence electrons. The van der Waals surface area contributed by atoms with Crippen molar-refractivity contribution in [2.45, 2.75) is 39.2 Å². The highest BCUT2D eigenvalue weighted by atomic mass is 16.5. The van der Waals surface area contributed by atoms with Crippen molar-refractivity contribution in [3.8, 4) is 0 Å². The van der Waals surface area contributed by atoms with Gasteiger partial charge in [0.2, 0.25) is 5.91 Å². The van der Waals surface area contributed by atoms with Crippen LogP contribution in [0.3, 0.4) is 0 Å². The first-order valence-corrected chi connectivity index (χ1v) is 7.91. The first kappa shape index (κ1) is 15.1. The van der Waals surface area contributed by atoms with Crippen LogP contribution >= 0.6 is 0 Å². The van der Waals surface area contributed by atoms with Gasteiger partial charge in [-0.15, -0.1) is 0 Å². The van der Waals surface area contributed by atoms with Crippen LogP contribution in [-0.2, 0) is 14.3 Å². The molecule has 1 aromatic carbocycles. The molecule has 1 aromatic rings. The zero-order valence-corrected chi connectivity index (χ0v) is 13.5. The summed E-state index contributed by atoms with van der Waals surface area (Å²) in [4.78, 5) is 27.4. The summed E-state index contributed by atoms with van der Waals surface area (Å²) in [6.45, 7) is 4.44. The van der Waals surface area contributed by atoms with Crippen LogP contribution in [0.25, 0.3) is 0 Å². The minimum atomic E-state index is -0.679. The van der Waals surface area contributed by atoms with Gasteiger partial charge in [0.05, 0.1) is 24.0 Å². The molecule has 1 saturated carbocycles. The highest BCUT2D eigenvalue weighted by Gasteiger charge is 2.68. The maximum absolute atomic E-state index is 13.1. The third-order valence-electron chi connectivity index (χ3n) is 5.84. The number of nitrogens with zero attached hydrogens (tertiary/aromatic N) is 1. The molecule has 4 heteroatoms. The molecule has 1 heterocycles. The molecule has 0 N–H and O–H groups in total. The lowest BCUT2D eigenvalue weighted by Crippen LogP contribution is -2.43. The molecule has 0 bridgehead atoms. The van der Waals surface area contributed by atoms with Crippen LogP contribution in [0.2, 0.25) is 0 Å². The van der Waals surface area contributed by atoms with Gasteiger partial charge in [0, 0.05) is 6.54 Å². The number of benzene rings is 1. The first-order valence-electron chi connectivity index (χ1n) is 7.91. The SMILES string of the molecule is COC(=O)[C@@]12CCC[C@@]1(C)C(=O)N([C@H](C)c1ccccc1)C2. The molecule has 4 nitrogen and oxygen atoms in total. The van der Waals surface area contributed by atoms with Crippen LogP contribution in [0.15, 0.2) is 30.3 Å². The fourth-order valence-corrected chi connectivity index (χ4v) is 4.32. The lowest BCUT2D eigenvalue weighted by molar-refractivity contribution is -0.158. The molecule has 0 spiro atoms. The Morgan fingerprint density at radius 3 is 2.59 bits per heavy atom. The summed E-state index contributed by atoms with van der Waals surface area (Å²) < 4.78 is 5.07. The van der Waals surface area contributed by atoms with Gasteiger partial charge in [0.25, 0.3) is 0 Å². The summed E-state index contributed by atoms with van der Waals surface area (Å²) >= 11 is 0. The second-order valence-corrected chi connectivity index (χ2v) is 6.78. The van der Waals surface area contributed by atoms with Crippen molar-refractivity contribution in [1.82, 2.24) is 4.90 Å². The van der Waals surface area contributed by atoms with Crippen molar-refractivity contribution in [2.75, 3.05) is 13.7 Å². The topological polar surface area (TPSA) is 46.6 Å². The molecule has 2 aliphatic rings. The molecule has 1 saturated heterocycles. The summed E-state index contributed by atoms with van der Waals surface area (Å²) in [5.41, 5.74) is -0.204. The van der Waals surface area contributed by atoms with Crippen molar-refractivity contribution >= 4 is 11.9 Å². The van der Waals surface area contributed by atoms with Crippen LogP contribution in [0.4, 0.5) is 0 Å². The van der Waals surface area contributed by atoms with Crippen molar-refractivity contribution in [3.63, 3.8) is 0 Å². The Balaban J connectivity index is 1.97. The summed E-state index contributed by atoms with van der Waals surface area (Å²) in [5, 5.41) is 0. The highest BCUT2D eigenvalue weighted by Crippen LogP contribution is 2.60. The maximum atomic E-state index is 13.1. The number of hydrogen-bond acceptors (Lipinski definition) is 3. The van der Waals surface area contributed by atoms with Gasteiger partial charge in [-0.3, -0.25) is 9.59 Å². The van der Waals surface area contributed by atoms with Crippen molar-refractivity contribution in [2.24, 2.45) is 10.8 Å². The molecule has 0 unspecified atom stereocenters. The van der Waals surface area contributed by atoms with E-state index in [1.807, 2.05) is 49.1 Å². The molecule has 0 radical (unpaired) electrons. The van der Waals surface area contributed by atoms with E-state index in [-0.39, 0.29) is 17.9 Å².